The molecule has 17 heavy (non-hydrogen) atoms. The lowest BCUT2D eigenvalue weighted by molar-refractivity contribution is -0.385. The van der Waals surface area contributed by atoms with Crippen molar-refractivity contribution in [1.82, 2.24) is 14.8 Å². The first-order chi connectivity index (χ1) is 8.15. The predicted octanol–water partition coefficient (Wildman–Crippen LogP) is 1.40. The zero-order valence-electron chi connectivity index (χ0n) is 9.32. The lowest BCUT2D eigenvalue weighted by atomic mass is 10.1. The molecule has 0 spiro atoms. The van der Waals surface area contributed by atoms with E-state index < -0.39 is 4.92 Å². The molecule has 1 heterocycles. The monoisotopic (exact) mass is 234 g/mol. The topological polar surface area (TPSA) is 83.1 Å². The van der Waals surface area contributed by atoms with E-state index in [1.54, 1.807) is 23.7 Å². The molecule has 7 heteroatoms. The highest BCUT2D eigenvalue weighted by Crippen LogP contribution is 2.36. The van der Waals surface area contributed by atoms with Gasteiger partial charge in [-0.1, -0.05) is 6.07 Å². The van der Waals surface area contributed by atoms with E-state index in [4.69, 9.17) is 4.74 Å². The maximum Gasteiger partial charge on any atom is 0.311 e. The SMILES string of the molecule is COc1c(-c2nncn2C)cccc1[N+](=O)[O-]. The van der Waals surface area contributed by atoms with Crippen molar-refractivity contribution >= 4 is 5.69 Å². The Morgan fingerprint density at radius 2 is 2.24 bits per heavy atom. The summed E-state index contributed by atoms with van der Waals surface area (Å²) in [7, 11) is 3.15. The van der Waals surface area contributed by atoms with Crippen LogP contribution < -0.4 is 4.74 Å². The third kappa shape index (κ3) is 1.82. The molecular formula is C10H10N4O3. The molecule has 0 N–H and O–H groups in total. The van der Waals surface area contributed by atoms with Gasteiger partial charge in [-0.15, -0.1) is 10.2 Å². The fraction of sp³-hybridized carbons (Fsp3) is 0.200. The van der Waals surface area contributed by atoms with Crippen molar-refractivity contribution in [2.75, 3.05) is 7.11 Å². The summed E-state index contributed by atoms with van der Waals surface area (Å²) in [4.78, 5) is 10.4. The Bertz CT molecular complexity index is 564. The van der Waals surface area contributed by atoms with Gasteiger partial charge in [0.15, 0.2) is 5.82 Å². The molecule has 2 aromatic rings. The van der Waals surface area contributed by atoms with Gasteiger partial charge in [0, 0.05) is 13.1 Å². The first kappa shape index (κ1) is 11.1. The predicted molar refractivity (Wildman–Crippen MR) is 59.6 cm³/mol. The molecule has 88 valence electrons. The normalized spacial score (nSPS) is 10.2. The molecule has 0 bridgehead atoms. The molecule has 0 atom stereocenters. The third-order valence-corrected chi connectivity index (χ3v) is 2.35. The highest BCUT2D eigenvalue weighted by atomic mass is 16.6. The summed E-state index contributed by atoms with van der Waals surface area (Å²) in [5.41, 5.74) is 0.453. The number of nitro benzene ring substituents is 1. The first-order valence-corrected chi connectivity index (χ1v) is 4.81. The van der Waals surface area contributed by atoms with E-state index in [-0.39, 0.29) is 11.4 Å². The van der Waals surface area contributed by atoms with Crippen LogP contribution in [0, 0.1) is 10.1 Å². The molecular weight excluding hydrogens is 224 g/mol. The van der Waals surface area contributed by atoms with E-state index in [0.717, 1.165) is 0 Å². The van der Waals surface area contributed by atoms with Gasteiger partial charge in [-0.25, -0.2) is 0 Å². The zero-order valence-corrected chi connectivity index (χ0v) is 9.32. The van der Waals surface area contributed by atoms with Gasteiger partial charge >= 0.3 is 5.69 Å². The molecule has 7 nitrogen and oxygen atoms in total. The summed E-state index contributed by atoms with van der Waals surface area (Å²) in [6, 6.07) is 4.68. The number of aromatic nitrogens is 3. The summed E-state index contributed by atoms with van der Waals surface area (Å²) in [5, 5.41) is 18.5. The maximum absolute atomic E-state index is 10.9. The Morgan fingerprint density at radius 1 is 1.47 bits per heavy atom. The van der Waals surface area contributed by atoms with Crippen molar-refractivity contribution < 1.29 is 9.66 Å². The second-order valence-electron chi connectivity index (χ2n) is 3.38. The number of benzene rings is 1. The van der Waals surface area contributed by atoms with Gasteiger partial charge in [-0.3, -0.25) is 10.1 Å². The van der Waals surface area contributed by atoms with Crippen LogP contribution in [0.5, 0.6) is 5.75 Å². The molecule has 0 unspecified atom stereocenters. The van der Waals surface area contributed by atoms with Crippen molar-refractivity contribution in [3.8, 4) is 17.1 Å². The molecule has 0 aliphatic rings. The number of aryl methyl sites for hydroxylation is 1. The van der Waals surface area contributed by atoms with Crippen LogP contribution in [0.25, 0.3) is 11.4 Å². The van der Waals surface area contributed by atoms with Gasteiger partial charge in [0.2, 0.25) is 5.75 Å². The van der Waals surface area contributed by atoms with Crippen molar-refractivity contribution in [3.63, 3.8) is 0 Å². The Morgan fingerprint density at radius 3 is 2.76 bits per heavy atom. The average Bonchev–Trinajstić information content (AvgIpc) is 2.74. The van der Waals surface area contributed by atoms with Crippen LogP contribution in [0.4, 0.5) is 5.69 Å². The minimum atomic E-state index is -0.487. The van der Waals surface area contributed by atoms with E-state index in [9.17, 15) is 10.1 Å². The largest absolute Gasteiger partial charge is 0.490 e. The van der Waals surface area contributed by atoms with E-state index in [0.29, 0.717) is 11.4 Å². The molecule has 1 aromatic carbocycles. The number of nitrogens with zero attached hydrogens (tertiary/aromatic N) is 4. The van der Waals surface area contributed by atoms with E-state index >= 15 is 0 Å². The Kier molecular flexibility index (Phi) is 2.73. The average molecular weight is 234 g/mol. The van der Waals surface area contributed by atoms with Gasteiger partial charge < -0.3 is 9.30 Å². The summed E-state index contributed by atoms with van der Waals surface area (Å²) in [6.07, 6.45) is 1.52. The Labute approximate surface area is 96.8 Å². The summed E-state index contributed by atoms with van der Waals surface area (Å²) in [6.45, 7) is 0. The summed E-state index contributed by atoms with van der Waals surface area (Å²) >= 11 is 0. The van der Waals surface area contributed by atoms with E-state index in [1.165, 1.54) is 19.5 Å². The molecule has 0 saturated heterocycles. The van der Waals surface area contributed by atoms with Crippen molar-refractivity contribution in [2.24, 2.45) is 7.05 Å². The summed E-state index contributed by atoms with van der Waals surface area (Å²) in [5.74, 6) is 0.708. The van der Waals surface area contributed by atoms with Crippen LogP contribution in [-0.4, -0.2) is 26.8 Å². The molecule has 0 radical (unpaired) electrons. The number of methoxy groups -OCH3 is 1. The number of nitro groups is 1. The van der Waals surface area contributed by atoms with Crippen LogP contribution in [0.2, 0.25) is 0 Å². The molecule has 2 rings (SSSR count). The third-order valence-electron chi connectivity index (χ3n) is 2.35. The molecule has 0 fully saturated rings. The first-order valence-electron chi connectivity index (χ1n) is 4.81. The Balaban J connectivity index is 2.67. The standard InChI is InChI=1S/C10H10N4O3/c1-13-6-11-12-10(13)7-4-3-5-8(14(15)16)9(7)17-2/h3-6H,1-2H3. The Hall–Kier alpha value is -2.44. The van der Waals surface area contributed by atoms with Crippen LogP contribution in [0.3, 0.4) is 0 Å². The summed E-state index contributed by atoms with van der Waals surface area (Å²) < 4.78 is 6.76. The van der Waals surface area contributed by atoms with E-state index in [2.05, 4.69) is 10.2 Å². The van der Waals surface area contributed by atoms with Crippen molar-refractivity contribution in [1.29, 1.82) is 0 Å². The second kappa shape index (κ2) is 4.20. The molecule has 0 aliphatic heterocycles. The number of rotatable bonds is 3. The van der Waals surface area contributed by atoms with Gasteiger partial charge in [0.1, 0.15) is 6.33 Å². The minimum Gasteiger partial charge on any atom is -0.490 e. The fourth-order valence-corrected chi connectivity index (χ4v) is 1.59. The van der Waals surface area contributed by atoms with Gasteiger partial charge in [-0.2, -0.15) is 0 Å². The smallest absolute Gasteiger partial charge is 0.311 e. The quantitative estimate of drug-likeness (QED) is 0.592. The molecule has 0 saturated carbocycles. The second-order valence-corrected chi connectivity index (χ2v) is 3.38. The van der Waals surface area contributed by atoms with Crippen LogP contribution in [0.1, 0.15) is 0 Å². The fourth-order valence-electron chi connectivity index (χ4n) is 1.59. The zero-order chi connectivity index (χ0) is 12.4. The number of hydrogen-bond donors (Lipinski definition) is 0. The number of hydrogen-bond acceptors (Lipinski definition) is 5. The van der Waals surface area contributed by atoms with Gasteiger partial charge in [-0.05, 0) is 6.07 Å². The van der Waals surface area contributed by atoms with Crippen LogP contribution >= 0.6 is 0 Å². The molecule has 1 aromatic heterocycles. The van der Waals surface area contributed by atoms with Crippen LogP contribution in [0.15, 0.2) is 24.5 Å². The number of ether oxygens (including phenoxy) is 1. The lowest BCUT2D eigenvalue weighted by Gasteiger charge is -2.07. The van der Waals surface area contributed by atoms with E-state index in [1.807, 2.05) is 0 Å². The van der Waals surface area contributed by atoms with Gasteiger partial charge in [0.25, 0.3) is 0 Å². The molecule has 0 aliphatic carbocycles. The minimum absolute atomic E-state index is 0.0898. The van der Waals surface area contributed by atoms with Gasteiger partial charge in [0.05, 0.1) is 17.6 Å². The lowest BCUT2D eigenvalue weighted by Crippen LogP contribution is -1.98. The molecule has 0 amide bonds. The maximum atomic E-state index is 10.9. The van der Waals surface area contributed by atoms with Crippen LogP contribution in [-0.2, 0) is 7.05 Å². The van der Waals surface area contributed by atoms with Crippen molar-refractivity contribution in [3.05, 3.63) is 34.6 Å². The van der Waals surface area contributed by atoms with Crippen molar-refractivity contribution in [2.45, 2.75) is 0 Å². The highest BCUT2D eigenvalue weighted by molar-refractivity contribution is 5.71. The number of para-hydroxylation sites is 1. The highest BCUT2D eigenvalue weighted by Gasteiger charge is 2.21.